The average molecular weight is 1910 g/mol. The zero-order chi connectivity index (χ0) is 94.6. The normalized spacial score (nSPS) is 13.9. The third kappa shape index (κ3) is 23.7. The van der Waals surface area contributed by atoms with E-state index in [1.54, 1.807) is 194 Å². The molecule has 1 saturated carbocycles. The molecule has 0 spiro atoms. The summed E-state index contributed by atoms with van der Waals surface area (Å²) in [5.41, 5.74) is 17.1. The number of pyridine rings is 6. The molecule has 18 rings (SSSR count). The molecule has 2 fully saturated rings. The zero-order valence-corrected chi connectivity index (χ0v) is 76.4. The van der Waals surface area contributed by atoms with Crippen LogP contribution < -0.4 is 21.3 Å². The van der Waals surface area contributed by atoms with Crippen LogP contribution >= 0.6 is 58.0 Å². The first-order valence-corrected chi connectivity index (χ1v) is 45.1. The van der Waals surface area contributed by atoms with Gasteiger partial charge in [-0.3, -0.25) is 29.0 Å². The van der Waals surface area contributed by atoms with Crippen LogP contribution in [0.15, 0.2) is 238 Å². The molecule has 1 saturated heterocycles. The number of piperidine rings is 1. The molecule has 0 bridgehead atoms. The van der Waals surface area contributed by atoms with Crippen molar-refractivity contribution in [2.45, 2.75) is 110 Å². The third-order valence-corrected chi connectivity index (χ3v) is 24.0. The maximum Gasteiger partial charge on any atom is 0.255 e. The second kappa shape index (κ2) is 45.7. The van der Waals surface area contributed by atoms with E-state index >= 15 is 0 Å². The molecule has 13 N–H and O–H groups in total. The van der Waals surface area contributed by atoms with Crippen molar-refractivity contribution < 1.29 is 69.9 Å². The monoisotopic (exact) mass is 1910 g/mol. The van der Waals surface area contributed by atoms with Crippen molar-refractivity contribution in [1.82, 2.24) is 78.1 Å². The maximum atomic E-state index is 12.9. The SMILES string of the molecule is CC(O)CNC(=O)c1ccc2nc(-c3ccc(Cl)cc3)c(CO)n2c1.O=C(NC1CCC(O)CC1)c1ccc2nc(-c3ccc(Cl)cc3)c(CO)n2c1.O=C(NCCCO)c1ccc2nc(-c3ccc(Cl)cc3)c(CO)n2c1.O=C(NCc1cccnc1)c1ccc2nc(-c3ccc(Cl)cc3)c(CO)n2c1.O=C(c1ccc2nc(-c3ccc(Cl)cc3)c(CO)n2c1)N1CCC(CO)CC1. The highest BCUT2D eigenvalue weighted by molar-refractivity contribution is 6.32. The van der Waals surface area contributed by atoms with E-state index in [9.17, 15) is 64.8 Å². The molecule has 5 aromatic carbocycles. The molecule has 5 amide bonds. The average Bonchev–Trinajstić information content (AvgIpc) is 1.64. The lowest BCUT2D eigenvalue weighted by atomic mass is 9.93. The van der Waals surface area contributed by atoms with Crippen LogP contribution in [0.25, 0.3) is 84.5 Å². The van der Waals surface area contributed by atoms with Gasteiger partial charge in [0, 0.05) is 148 Å². The van der Waals surface area contributed by atoms with Crippen LogP contribution in [0, 0.1) is 5.92 Å². The van der Waals surface area contributed by atoms with Crippen molar-refractivity contribution in [3.05, 3.63) is 324 Å². The van der Waals surface area contributed by atoms with E-state index in [2.05, 4.69) is 51.2 Å². The van der Waals surface area contributed by atoms with Gasteiger partial charge in [0.15, 0.2) is 0 Å². The molecule has 30 nitrogen and oxygen atoms in total. The van der Waals surface area contributed by atoms with E-state index in [1.807, 2.05) is 77.7 Å². The Bertz CT molecular complexity index is 6780. The Kier molecular flexibility index (Phi) is 33.2. The summed E-state index contributed by atoms with van der Waals surface area (Å²) in [6.07, 6.45) is 16.1. The summed E-state index contributed by atoms with van der Waals surface area (Å²) in [7, 11) is 0. The highest BCUT2D eigenvalue weighted by atomic mass is 35.5. The van der Waals surface area contributed by atoms with Crippen LogP contribution in [0.4, 0.5) is 0 Å². The zero-order valence-electron chi connectivity index (χ0n) is 72.6. The number of carbonyl (C=O) groups excluding carboxylic acids is 5. The second-order valence-corrected chi connectivity index (χ2v) is 34.1. The number of aliphatic hydroxyl groups excluding tert-OH is 9. The lowest BCUT2D eigenvalue weighted by Gasteiger charge is -2.31. The van der Waals surface area contributed by atoms with Gasteiger partial charge in [-0.05, 0) is 191 Å². The van der Waals surface area contributed by atoms with Gasteiger partial charge in [-0.2, -0.15) is 0 Å². The molecule has 0 radical (unpaired) electrons. The fourth-order valence-corrected chi connectivity index (χ4v) is 16.2. The Balaban J connectivity index is 0.000000135. The highest BCUT2D eigenvalue weighted by Gasteiger charge is 2.28. The number of hydrogen-bond acceptors (Lipinski definition) is 20. The molecule has 134 heavy (non-hydrogen) atoms. The van der Waals surface area contributed by atoms with Gasteiger partial charge in [-0.25, -0.2) is 24.9 Å². The predicted octanol–water partition coefficient (Wildman–Crippen LogP) is 14.2. The standard InChI is InChI=1S/C21H17ClN4O2.2C21H22ClN3O3.2C18H18ClN3O3/c22-17-6-3-15(4-7-17)20-18(13-27)26-12-16(5-8-19(26)25-20)21(28)24-11-14-2-1-9-23-10-14;22-15-4-1-13(2-5-15)20-18(12-26)25-11-14(3-10-19(25)24-20)21(28)23-16-6-8-17(27)9-7-16;22-17-4-1-15(2-5-17)20-18(13-27)25-11-16(3-6-19(25)23-20)21(28)24-9-7-14(12-26)8-10-24;1-11(24)8-20-18(25)13-4-7-16-21-17(15(10-23)22(16)9-13)12-2-5-14(19)6-3-12;19-14-5-2-12(3-6-14)17-15(11-24)22-10-13(4-7-16(22)21-17)18(25)20-8-1-9-23/h1-10,12,27H,11,13H2,(H,24,28);1-5,10-11,16-17,26-27H,6-9,12H2,(H,23,28);1-6,11,14,26-27H,7-10,12-13H2;2-7,9,11,23-24H,8,10H2,1H3,(H,20,25);2-7,10,23-24H,1,8-9,11H2,(H,20,25). The first kappa shape index (κ1) is 97.2. The molecule has 2 aliphatic rings. The van der Waals surface area contributed by atoms with Crippen molar-refractivity contribution in [2.24, 2.45) is 5.92 Å². The quantitative estimate of drug-likeness (QED) is 0.0250. The Hall–Kier alpha value is -12.9. The van der Waals surface area contributed by atoms with Gasteiger partial charge in [0.1, 0.15) is 28.2 Å². The summed E-state index contributed by atoms with van der Waals surface area (Å²) < 4.78 is 8.68. The van der Waals surface area contributed by atoms with Gasteiger partial charge in [0.25, 0.3) is 29.5 Å². The molecule has 692 valence electrons. The minimum atomic E-state index is -0.620. The molecule has 1 aliphatic carbocycles. The first-order valence-electron chi connectivity index (χ1n) is 43.2. The number of aliphatic hydroxyl groups is 9. The Morgan fingerprint density at radius 2 is 0.716 bits per heavy atom. The number of aromatic nitrogens is 11. The van der Waals surface area contributed by atoms with E-state index in [0.717, 1.165) is 59.1 Å². The smallest absolute Gasteiger partial charge is 0.255 e. The van der Waals surface area contributed by atoms with Gasteiger partial charge >= 0.3 is 0 Å². The van der Waals surface area contributed by atoms with Crippen LogP contribution in [0.1, 0.15) is 138 Å². The highest BCUT2D eigenvalue weighted by Crippen LogP contribution is 2.34. The number of halogens is 5. The maximum absolute atomic E-state index is 12.9. The number of likely N-dealkylation sites (tertiary alicyclic amines) is 1. The Morgan fingerprint density at radius 3 is 1.03 bits per heavy atom. The van der Waals surface area contributed by atoms with Crippen LogP contribution in [-0.2, 0) is 39.6 Å². The molecule has 16 aromatic rings. The number of fused-ring (bicyclic) bond motifs is 5. The summed E-state index contributed by atoms with van der Waals surface area (Å²) in [4.78, 5) is 91.2. The Morgan fingerprint density at radius 1 is 0.396 bits per heavy atom. The summed E-state index contributed by atoms with van der Waals surface area (Å²) in [5, 5.41) is 101. The molecule has 1 unspecified atom stereocenters. The van der Waals surface area contributed by atoms with Crippen LogP contribution in [0.3, 0.4) is 0 Å². The van der Waals surface area contributed by atoms with E-state index in [0.29, 0.717) is 184 Å². The lowest BCUT2D eigenvalue weighted by molar-refractivity contribution is 0.0649. The molecular weight excluding hydrogens is 1810 g/mol. The topological polar surface area (TPSA) is 418 Å². The fourth-order valence-electron chi connectivity index (χ4n) is 15.6. The van der Waals surface area contributed by atoms with Crippen molar-refractivity contribution in [1.29, 1.82) is 0 Å². The summed E-state index contributed by atoms with van der Waals surface area (Å²) in [6, 6.07) is 57.4. The fraction of sp³-hybridized carbons (Fsp3) is 0.242. The van der Waals surface area contributed by atoms with Crippen LogP contribution in [0.2, 0.25) is 25.1 Å². The number of imidazole rings is 5. The summed E-state index contributed by atoms with van der Waals surface area (Å²) in [6.45, 7) is 3.01. The van der Waals surface area contributed by atoms with E-state index in [4.69, 9.17) is 63.1 Å². The van der Waals surface area contributed by atoms with Gasteiger partial charge in [0.05, 0.1) is 130 Å². The number of benzene rings is 5. The molecule has 1 atom stereocenters. The first-order chi connectivity index (χ1) is 64.9. The minimum absolute atomic E-state index is 0.0277. The molecular formula is C99H97Cl5N16O14. The Labute approximate surface area is 794 Å². The van der Waals surface area contributed by atoms with Crippen molar-refractivity contribution >= 4 is 116 Å². The van der Waals surface area contributed by atoms with Gasteiger partial charge in [-0.1, -0.05) is 125 Å². The third-order valence-electron chi connectivity index (χ3n) is 22.8. The van der Waals surface area contributed by atoms with Gasteiger partial charge in [-0.15, -0.1) is 0 Å². The minimum Gasteiger partial charge on any atom is -0.396 e. The number of rotatable bonds is 24. The summed E-state index contributed by atoms with van der Waals surface area (Å²) in [5.74, 6) is -0.660. The molecule has 35 heteroatoms. The predicted molar refractivity (Wildman–Crippen MR) is 513 cm³/mol. The van der Waals surface area contributed by atoms with Crippen molar-refractivity contribution in [2.75, 3.05) is 39.4 Å². The van der Waals surface area contributed by atoms with Crippen molar-refractivity contribution in [3.8, 4) is 56.3 Å². The number of hydrogen-bond donors (Lipinski definition) is 13. The molecule has 11 aromatic heterocycles. The number of carbonyl (C=O) groups is 5. The summed E-state index contributed by atoms with van der Waals surface area (Å²) >= 11 is 29.7. The van der Waals surface area contributed by atoms with E-state index in [1.165, 1.54) is 0 Å². The van der Waals surface area contributed by atoms with E-state index in [-0.39, 0.29) is 100 Å². The van der Waals surface area contributed by atoms with Gasteiger partial charge < -0.3 is 94.1 Å². The van der Waals surface area contributed by atoms with Gasteiger partial charge in [0.2, 0.25) is 0 Å². The number of nitrogens with one attached hydrogen (secondary N) is 4. The van der Waals surface area contributed by atoms with Crippen LogP contribution in [0.5, 0.6) is 0 Å². The van der Waals surface area contributed by atoms with Crippen molar-refractivity contribution in [3.63, 3.8) is 0 Å². The second-order valence-electron chi connectivity index (χ2n) is 31.9. The molecule has 12 heterocycles. The number of amides is 5. The van der Waals surface area contributed by atoms with Crippen LogP contribution in [-0.4, -0.2) is 190 Å². The molecule has 1 aliphatic heterocycles. The van der Waals surface area contributed by atoms with E-state index < -0.39 is 6.10 Å². The largest absolute Gasteiger partial charge is 0.396 e. The number of nitrogens with zero attached hydrogens (tertiary/aromatic N) is 12. The lowest BCUT2D eigenvalue weighted by Crippen LogP contribution is -2.39.